The van der Waals surface area contributed by atoms with Gasteiger partial charge in [-0.05, 0) is 44.0 Å². The molecule has 1 aliphatic rings. The highest BCUT2D eigenvalue weighted by atomic mass is 35.5. The Kier molecular flexibility index (Phi) is 10.1. The van der Waals surface area contributed by atoms with Crippen molar-refractivity contribution in [2.24, 2.45) is 0 Å². The van der Waals surface area contributed by atoms with Crippen LogP contribution in [0.25, 0.3) is 10.8 Å². The first-order chi connectivity index (χ1) is 20.2. The van der Waals surface area contributed by atoms with Gasteiger partial charge >= 0.3 is 18.3 Å². The maximum Gasteiger partial charge on any atom is 0.330 e. The molecule has 0 aliphatic carbocycles. The number of aromatic amines is 1. The molecule has 4 N–H and O–H groups in total. The van der Waals surface area contributed by atoms with Crippen LogP contribution in [-0.4, -0.2) is 68.7 Å². The number of alkyl halides is 2. The van der Waals surface area contributed by atoms with Crippen LogP contribution in [0, 0.1) is 0 Å². The van der Waals surface area contributed by atoms with Crippen molar-refractivity contribution in [3.63, 3.8) is 0 Å². The number of carbonyl (C=O) groups excluding carboxylic acids is 1. The molecule has 1 fully saturated rings. The van der Waals surface area contributed by atoms with Gasteiger partial charge in [-0.1, -0.05) is 48.0 Å². The number of nitrogens with zero attached hydrogens (tertiary/aromatic N) is 1. The summed E-state index contributed by atoms with van der Waals surface area (Å²) in [5, 5.41) is 25.1. The molecular formula is C26H29ClF2N3O9PS. The lowest BCUT2D eigenvalue weighted by atomic mass is 9.96. The number of nitrogens with one attached hydrogen (secondary N) is 2. The van der Waals surface area contributed by atoms with E-state index in [9.17, 15) is 33.4 Å². The zero-order valence-electron chi connectivity index (χ0n) is 23.0. The van der Waals surface area contributed by atoms with Gasteiger partial charge in [-0.25, -0.2) is 18.7 Å². The van der Waals surface area contributed by atoms with Gasteiger partial charge < -0.3 is 28.7 Å². The molecule has 2 heterocycles. The normalized spacial score (nSPS) is 24.3. The van der Waals surface area contributed by atoms with Gasteiger partial charge in [-0.15, -0.1) is 0 Å². The molecule has 0 amide bonds. The fourth-order valence-corrected chi connectivity index (χ4v) is 6.92. The standard InChI is InChI=1S/C26H29ClF2N3O9PS/c1-13(2)39-23(36)14(3)31-42(43,41-18-10-6-8-15-7-4-5-9-16(15)18)38-12-26(24(28)29)20(34)19(33)22(40-26)32-11-17(27)21(35)30-25(32)37/h4-11,13-14,19-20,22,24,33-34H,12H2,1-3H3,(H,31,43)(H,30,35,37). The van der Waals surface area contributed by atoms with Gasteiger partial charge in [-0.3, -0.25) is 19.1 Å². The summed E-state index contributed by atoms with van der Waals surface area (Å²) in [4.78, 5) is 38.5. The zero-order chi connectivity index (χ0) is 31.7. The quantitative estimate of drug-likeness (QED) is 0.176. The topological polar surface area (TPSA) is 161 Å². The summed E-state index contributed by atoms with van der Waals surface area (Å²) < 4.78 is 52.4. The highest BCUT2D eigenvalue weighted by molar-refractivity contribution is 8.09. The monoisotopic (exact) mass is 663 g/mol. The van der Waals surface area contributed by atoms with E-state index in [-0.39, 0.29) is 5.75 Å². The number of aliphatic hydroxyl groups is 2. The highest BCUT2D eigenvalue weighted by Gasteiger charge is 2.61. The Morgan fingerprint density at radius 1 is 1.21 bits per heavy atom. The summed E-state index contributed by atoms with van der Waals surface area (Å²) in [5.41, 5.74) is -5.04. The lowest BCUT2D eigenvalue weighted by Gasteiger charge is -2.34. The van der Waals surface area contributed by atoms with Crippen LogP contribution >= 0.6 is 18.2 Å². The predicted octanol–water partition coefficient (Wildman–Crippen LogP) is 2.85. The Labute approximate surface area is 253 Å². The smallest absolute Gasteiger partial charge is 0.330 e. The van der Waals surface area contributed by atoms with Gasteiger partial charge in [0.1, 0.15) is 29.0 Å². The van der Waals surface area contributed by atoms with Crippen LogP contribution in [0.5, 0.6) is 5.75 Å². The number of carbonyl (C=O) groups is 1. The van der Waals surface area contributed by atoms with Crippen molar-refractivity contribution in [1.29, 1.82) is 0 Å². The molecule has 0 bridgehead atoms. The van der Waals surface area contributed by atoms with E-state index in [1.54, 1.807) is 44.2 Å². The van der Waals surface area contributed by atoms with Crippen molar-refractivity contribution < 1.29 is 42.3 Å². The molecule has 0 spiro atoms. The summed E-state index contributed by atoms with van der Waals surface area (Å²) in [6.07, 6.45) is -9.51. The summed E-state index contributed by atoms with van der Waals surface area (Å²) in [5.74, 6) is -0.510. The van der Waals surface area contributed by atoms with Crippen molar-refractivity contribution in [2.75, 3.05) is 6.61 Å². The molecule has 6 unspecified atom stereocenters. The molecule has 3 aromatic rings. The number of aromatic nitrogens is 2. The molecule has 0 radical (unpaired) electrons. The van der Waals surface area contributed by atoms with E-state index in [0.717, 1.165) is 11.6 Å². The average Bonchev–Trinajstić information content (AvgIpc) is 3.20. The number of hydrogen-bond donors (Lipinski definition) is 4. The minimum absolute atomic E-state index is 0.213. The summed E-state index contributed by atoms with van der Waals surface area (Å²) in [6, 6.07) is 11.0. The van der Waals surface area contributed by atoms with Crippen molar-refractivity contribution in [1.82, 2.24) is 14.6 Å². The minimum atomic E-state index is -3.96. The first-order valence-corrected chi connectivity index (χ1v) is 15.9. The summed E-state index contributed by atoms with van der Waals surface area (Å²) in [7, 11) is 0. The maximum absolute atomic E-state index is 14.7. The number of rotatable bonds is 11. The van der Waals surface area contributed by atoms with E-state index >= 15 is 0 Å². The highest BCUT2D eigenvalue weighted by Crippen LogP contribution is 2.50. The zero-order valence-corrected chi connectivity index (χ0v) is 25.4. The van der Waals surface area contributed by atoms with Crippen LogP contribution in [-0.2, 0) is 30.6 Å². The molecule has 234 valence electrons. The van der Waals surface area contributed by atoms with E-state index in [1.807, 2.05) is 17.1 Å². The minimum Gasteiger partial charge on any atom is -0.462 e. The summed E-state index contributed by atoms with van der Waals surface area (Å²) >= 11 is 11.4. The van der Waals surface area contributed by atoms with Crippen molar-refractivity contribution in [2.45, 2.75) is 63.4 Å². The molecule has 4 rings (SSSR count). The molecular weight excluding hydrogens is 635 g/mol. The van der Waals surface area contributed by atoms with Gasteiger partial charge in [-0.2, -0.15) is 0 Å². The van der Waals surface area contributed by atoms with E-state index in [1.165, 1.54) is 6.92 Å². The fourth-order valence-electron chi connectivity index (χ4n) is 4.35. The third-order valence-electron chi connectivity index (χ3n) is 6.51. The van der Waals surface area contributed by atoms with Crippen molar-refractivity contribution in [3.8, 4) is 5.75 Å². The molecule has 2 aromatic carbocycles. The van der Waals surface area contributed by atoms with E-state index < -0.39 is 78.1 Å². The number of hydrogen-bond acceptors (Lipinski definition) is 10. The van der Waals surface area contributed by atoms with Crippen molar-refractivity contribution >= 4 is 46.8 Å². The lowest BCUT2D eigenvalue weighted by Crippen LogP contribution is -2.53. The van der Waals surface area contributed by atoms with E-state index in [4.69, 9.17) is 41.9 Å². The molecule has 1 aromatic heterocycles. The Morgan fingerprint density at radius 2 is 1.88 bits per heavy atom. The van der Waals surface area contributed by atoms with Gasteiger partial charge in [0, 0.05) is 11.6 Å². The molecule has 17 heteroatoms. The molecule has 1 saturated heterocycles. The third-order valence-corrected chi connectivity index (χ3v) is 9.24. The fraction of sp³-hybridized carbons (Fsp3) is 0.423. The number of halogens is 3. The second kappa shape index (κ2) is 13.1. The predicted molar refractivity (Wildman–Crippen MR) is 156 cm³/mol. The number of fused-ring (bicyclic) bond motifs is 1. The van der Waals surface area contributed by atoms with Crippen LogP contribution in [0.3, 0.4) is 0 Å². The molecule has 43 heavy (non-hydrogen) atoms. The lowest BCUT2D eigenvalue weighted by molar-refractivity contribution is -0.192. The number of H-pyrrole nitrogens is 1. The van der Waals surface area contributed by atoms with Gasteiger partial charge in [0.2, 0.25) is 0 Å². The summed E-state index contributed by atoms with van der Waals surface area (Å²) in [6.45, 7) is -0.430. The Morgan fingerprint density at radius 3 is 2.56 bits per heavy atom. The largest absolute Gasteiger partial charge is 0.462 e. The number of aliphatic hydroxyl groups excluding tert-OH is 2. The van der Waals surface area contributed by atoms with Gasteiger partial charge in [0.05, 0.1) is 12.7 Å². The van der Waals surface area contributed by atoms with Gasteiger partial charge in [0.15, 0.2) is 11.8 Å². The first kappa shape index (κ1) is 33.1. The molecule has 1 aliphatic heterocycles. The second-order valence-electron chi connectivity index (χ2n) is 10.0. The van der Waals surface area contributed by atoms with Crippen LogP contribution < -0.4 is 20.9 Å². The van der Waals surface area contributed by atoms with E-state index in [0.29, 0.717) is 9.95 Å². The molecule has 6 atom stereocenters. The SMILES string of the molecule is CC(C)OC(=O)C(C)NP(=S)(OCC1(C(F)F)OC(n2cc(Cl)c(=O)[nH]c2=O)C(O)C1O)Oc1cccc2ccccc12. The average molecular weight is 664 g/mol. The Bertz CT molecular complexity index is 1650. The first-order valence-electron chi connectivity index (χ1n) is 12.9. The Balaban J connectivity index is 1.69. The number of ether oxygens (including phenoxy) is 2. The van der Waals surface area contributed by atoms with Crippen LogP contribution in [0.2, 0.25) is 5.02 Å². The second-order valence-corrected chi connectivity index (χ2v) is 13.6. The van der Waals surface area contributed by atoms with Crippen LogP contribution in [0.1, 0.15) is 27.0 Å². The van der Waals surface area contributed by atoms with E-state index in [2.05, 4.69) is 5.09 Å². The van der Waals surface area contributed by atoms with Crippen LogP contribution in [0.15, 0.2) is 58.3 Å². The number of benzene rings is 2. The molecule has 0 saturated carbocycles. The third kappa shape index (κ3) is 6.99. The Hall–Kier alpha value is -2.75. The maximum atomic E-state index is 14.7. The van der Waals surface area contributed by atoms with Gasteiger partial charge in [0.25, 0.3) is 12.0 Å². The van der Waals surface area contributed by atoms with Crippen LogP contribution in [0.4, 0.5) is 8.78 Å². The molecule has 12 nitrogen and oxygen atoms in total. The number of esters is 1. The van der Waals surface area contributed by atoms with Crippen molar-refractivity contribution in [3.05, 3.63) is 74.5 Å².